The second-order valence-electron chi connectivity index (χ2n) is 5.93. The van der Waals surface area contributed by atoms with E-state index in [-0.39, 0.29) is 0 Å². The molecule has 1 saturated carbocycles. The highest BCUT2D eigenvalue weighted by molar-refractivity contribution is 5.29. The van der Waals surface area contributed by atoms with Crippen LogP contribution in [-0.4, -0.2) is 23.5 Å². The van der Waals surface area contributed by atoms with Gasteiger partial charge in [0.25, 0.3) is 0 Å². The Morgan fingerprint density at radius 1 is 1.06 bits per heavy atom. The van der Waals surface area contributed by atoms with Crippen molar-refractivity contribution in [2.45, 2.75) is 50.6 Å². The zero-order valence-electron chi connectivity index (χ0n) is 11.2. The summed E-state index contributed by atoms with van der Waals surface area (Å²) in [6, 6.07) is 8.89. The van der Waals surface area contributed by atoms with E-state index < -0.39 is 0 Å². The monoisotopic (exact) mass is 244 g/mol. The number of nitrogens with two attached hydrogens (primary N) is 1. The van der Waals surface area contributed by atoms with Crippen LogP contribution in [0, 0.1) is 0 Å². The van der Waals surface area contributed by atoms with Gasteiger partial charge in [0.1, 0.15) is 0 Å². The number of nitrogens with zero attached hydrogens (tertiary/aromatic N) is 1. The van der Waals surface area contributed by atoms with Crippen LogP contribution in [0.3, 0.4) is 0 Å². The van der Waals surface area contributed by atoms with E-state index in [4.69, 9.17) is 5.73 Å². The zero-order chi connectivity index (χ0) is 12.4. The van der Waals surface area contributed by atoms with Crippen LogP contribution in [0.1, 0.15) is 43.2 Å². The molecule has 0 saturated heterocycles. The third-order valence-corrected chi connectivity index (χ3v) is 4.97. The Morgan fingerprint density at radius 3 is 2.50 bits per heavy atom. The Morgan fingerprint density at radius 2 is 1.78 bits per heavy atom. The van der Waals surface area contributed by atoms with Crippen molar-refractivity contribution in [2.24, 2.45) is 5.73 Å². The SMILES string of the molecule is NCC1(N2CCc3ccccc3C2)CCCCC1. The van der Waals surface area contributed by atoms with Crippen molar-refractivity contribution in [1.82, 2.24) is 4.90 Å². The first-order chi connectivity index (χ1) is 8.84. The van der Waals surface area contributed by atoms with Crippen LogP contribution >= 0.6 is 0 Å². The largest absolute Gasteiger partial charge is 0.329 e. The molecular weight excluding hydrogens is 220 g/mol. The molecule has 0 bridgehead atoms. The third-order valence-electron chi connectivity index (χ3n) is 4.97. The van der Waals surface area contributed by atoms with Crippen LogP contribution in [-0.2, 0) is 13.0 Å². The molecule has 18 heavy (non-hydrogen) atoms. The molecule has 1 aromatic carbocycles. The average Bonchev–Trinajstić information content (AvgIpc) is 2.47. The fourth-order valence-corrected chi connectivity index (χ4v) is 3.76. The van der Waals surface area contributed by atoms with Gasteiger partial charge in [-0.1, -0.05) is 43.5 Å². The van der Waals surface area contributed by atoms with E-state index >= 15 is 0 Å². The van der Waals surface area contributed by atoms with Gasteiger partial charge in [-0.05, 0) is 30.4 Å². The lowest BCUT2D eigenvalue weighted by atomic mass is 9.79. The quantitative estimate of drug-likeness (QED) is 0.866. The maximum atomic E-state index is 6.15. The van der Waals surface area contributed by atoms with Gasteiger partial charge in [0, 0.05) is 25.2 Å². The van der Waals surface area contributed by atoms with Crippen molar-refractivity contribution in [3.05, 3.63) is 35.4 Å². The molecule has 0 amide bonds. The summed E-state index contributed by atoms with van der Waals surface area (Å²) in [6.45, 7) is 3.12. The second kappa shape index (κ2) is 5.02. The first-order valence-electron chi connectivity index (χ1n) is 7.36. The van der Waals surface area contributed by atoms with Gasteiger partial charge in [0.05, 0.1) is 0 Å². The molecule has 1 aromatic rings. The molecule has 3 rings (SSSR count). The lowest BCUT2D eigenvalue weighted by Crippen LogP contribution is -2.56. The van der Waals surface area contributed by atoms with Crippen LogP contribution in [0.15, 0.2) is 24.3 Å². The maximum Gasteiger partial charge on any atom is 0.0335 e. The Kier molecular flexibility index (Phi) is 3.40. The summed E-state index contributed by atoms with van der Waals surface area (Å²) in [7, 11) is 0. The van der Waals surface area contributed by atoms with Crippen LogP contribution in [0.25, 0.3) is 0 Å². The van der Waals surface area contributed by atoms with Crippen LogP contribution < -0.4 is 5.73 Å². The van der Waals surface area contributed by atoms with E-state index in [1.807, 2.05) is 0 Å². The Balaban J connectivity index is 1.81. The molecular formula is C16H24N2. The molecule has 0 radical (unpaired) electrons. The van der Waals surface area contributed by atoms with Crippen molar-refractivity contribution in [1.29, 1.82) is 0 Å². The van der Waals surface area contributed by atoms with E-state index in [1.54, 1.807) is 0 Å². The van der Waals surface area contributed by atoms with Gasteiger partial charge < -0.3 is 5.73 Å². The van der Waals surface area contributed by atoms with Crippen molar-refractivity contribution < 1.29 is 0 Å². The van der Waals surface area contributed by atoms with E-state index in [1.165, 1.54) is 56.2 Å². The summed E-state index contributed by atoms with van der Waals surface area (Å²) in [4.78, 5) is 2.68. The van der Waals surface area contributed by atoms with E-state index in [0.717, 1.165) is 13.1 Å². The molecule has 0 unspecified atom stereocenters. The first-order valence-corrected chi connectivity index (χ1v) is 7.36. The highest BCUT2D eigenvalue weighted by Crippen LogP contribution is 2.36. The van der Waals surface area contributed by atoms with Gasteiger partial charge >= 0.3 is 0 Å². The van der Waals surface area contributed by atoms with Crippen molar-refractivity contribution in [3.63, 3.8) is 0 Å². The molecule has 0 atom stereocenters. The standard InChI is InChI=1S/C16H24N2/c17-13-16(9-4-1-5-10-16)18-11-8-14-6-2-3-7-15(14)12-18/h2-3,6-7H,1,4-5,8-13,17H2. The third kappa shape index (κ3) is 2.08. The predicted molar refractivity (Wildman–Crippen MR) is 75.4 cm³/mol. The number of benzene rings is 1. The Bertz CT molecular complexity index is 407. The van der Waals surface area contributed by atoms with Gasteiger partial charge in [0.15, 0.2) is 0 Å². The molecule has 2 aliphatic rings. The topological polar surface area (TPSA) is 29.3 Å². The summed E-state index contributed by atoms with van der Waals surface area (Å²) in [5.41, 5.74) is 9.50. The van der Waals surface area contributed by atoms with Crippen molar-refractivity contribution in [3.8, 4) is 0 Å². The van der Waals surface area contributed by atoms with Gasteiger partial charge in [-0.15, -0.1) is 0 Å². The lowest BCUT2D eigenvalue weighted by Gasteiger charge is -2.48. The predicted octanol–water partition coefficient (Wildman–Crippen LogP) is 2.71. The molecule has 0 aromatic heterocycles. The number of hydrogen-bond donors (Lipinski definition) is 1. The van der Waals surface area contributed by atoms with E-state index in [9.17, 15) is 0 Å². The number of fused-ring (bicyclic) bond motifs is 1. The number of rotatable bonds is 2. The van der Waals surface area contributed by atoms with Crippen LogP contribution in [0.2, 0.25) is 0 Å². The molecule has 1 fully saturated rings. The minimum Gasteiger partial charge on any atom is -0.329 e. The normalized spacial score (nSPS) is 23.6. The fraction of sp³-hybridized carbons (Fsp3) is 0.625. The van der Waals surface area contributed by atoms with Gasteiger partial charge in [-0.3, -0.25) is 4.90 Å². The van der Waals surface area contributed by atoms with Gasteiger partial charge in [0.2, 0.25) is 0 Å². The average molecular weight is 244 g/mol. The minimum absolute atomic E-state index is 0.297. The van der Waals surface area contributed by atoms with Crippen LogP contribution in [0.4, 0.5) is 0 Å². The number of hydrogen-bond acceptors (Lipinski definition) is 2. The molecule has 1 aliphatic carbocycles. The molecule has 2 N–H and O–H groups in total. The Hall–Kier alpha value is -0.860. The summed E-state index contributed by atoms with van der Waals surface area (Å²) in [6.07, 6.45) is 7.89. The lowest BCUT2D eigenvalue weighted by molar-refractivity contribution is 0.0448. The minimum atomic E-state index is 0.297. The highest BCUT2D eigenvalue weighted by Gasteiger charge is 2.37. The summed E-state index contributed by atoms with van der Waals surface area (Å²) in [5.74, 6) is 0. The maximum absolute atomic E-state index is 6.15. The first kappa shape index (κ1) is 12.2. The van der Waals surface area contributed by atoms with Crippen molar-refractivity contribution in [2.75, 3.05) is 13.1 Å². The highest BCUT2D eigenvalue weighted by atomic mass is 15.2. The van der Waals surface area contributed by atoms with Gasteiger partial charge in [-0.2, -0.15) is 0 Å². The van der Waals surface area contributed by atoms with Gasteiger partial charge in [-0.25, -0.2) is 0 Å². The molecule has 0 spiro atoms. The molecule has 2 nitrogen and oxygen atoms in total. The molecule has 98 valence electrons. The smallest absolute Gasteiger partial charge is 0.0335 e. The summed E-state index contributed by atoms with van der Waals surface area (Å²) >= 11 is 0. The zero-order valence-corrected chi connectivity index (χ0v) is 11.2. The second-order valence-corrected chi connectivity index (χ2v) is 5.93. The molecule has 2 heteroatoms. The van der Waals surface area contributed by atoms with E-state index in [2.05, 4.69) is 29.2 Å². The summed E-state index contributed by atoms with van der Waals surface area (Å²) in [5, 5.41) is 0. The summed E-state index contributed by atoms with van der Waals surface area (Å²) < 4.78 is 0. The molecule has 1 heterocycles. The van der Waals surface area contributed by atoms with Crippen molar-refractivity contribution >= 4 is 0 Å². The van der Waals surface area contributed by atoms with E-state index in [0.29, 0.717) is 5.54 Å². The van der Waals surface area contributed by atoms with Crippen LogP contribution in [0.5, 0.6) is 0 Å². The fourth-order valence-electron chi connectivity index (χ4n) is 3.76. The Labute approximate surface area is 110 Å². The molecule has 1 aliphatic heterocycles.